The normalized spacial score (nSPS) is 23.5. The fraction of sp³-hybridized carbons (Fsp3) is 0.846. The number of hydrogen-bond donors (Lipinski definition) is 1. The first-order valence-electron chi connectivity index (χ1n) is 6.55. The van der Waals surface area contributed by atoms with Gasteiger partial charge in [0.05, 0.1) is 8.07 Å². The molecule has 0 aromatic carbocycles. The van der Waals surface area contributed by atoms with E-state index in [0.717, 1.165) is 12.1 Å². The summed E-state index contributed by atoms with van der Waals surface area (Å²) in [6.45, 7) is 16.5. The Hall–Kier alpha value is 0.134. The monoisotopic (exact) mass is 256 g/mol. The number of hydrogen-bond acceptors (Lipinski definition) is 1. The van der Waals surface area contributed by atoms with Crippen molar-refractivity contribution >= 4 is 17.0 Å². The van der Waals surface area contributed by atoms with Gasteiger partial charge in [0.1, 0.15) is 8.96 Å². The molecular formula is C13H30NSi2. The van der Waals surface area contributed by atoms with Crippen LogP contribution in [-0.4, -0.2) is 23.6 Å². The molecule has 0 aromatic heterocycles. The topological polar surface area (TPSA) is 12.0 Å². The fourth-order valence-electron chi connectivity index (χ4n) is 1.94. The van der Waals surface area contributed by atoms with Gasteiger partial charge in [-0.1, -0.05) is 64.5 Å². The molecule has 1 unspecified atom stereocenters. The Morgan fingerprint density at radius 2 is 2.00 bits per heavy atom. The molecule has 1 aliphatic rings. The Kier molecular flexibility index (Phi) is 8.33. The van der Waals surface area contributed by atoms with Crippen molar-refractivity contribution in [2.45, 2.75) is 64.0 Å². The van der Waals surface area contributed by atoms with Crippen LogP contribution in [0.3, 0.4) is 0 Å². The second-order valence-electron chi connectivity index (χ2n) is 5.80. The SMILES string of the molecule is C=CCN[Si](C)C.CC1CCCC[Si]1(C)C. The average molecular weight is 257 g/mol. The van der Waals surface area contributed by atoms with Gasteiger partial charge in [0, 0.05) is 6.54 Å². The van der Waals surface area contributed by atoms with Crippen LogP contribution in [-0.2, 0) is 0 Å². The highest BCUT2D eigenvalue weighted by Crippen LogP contribution is 2.36. The molecule has 0 bridgehead atoms. The van der Waals surface area contributed by atoms with Gasteiger partial charge in [0.2, 0.25) is 0 Å². The van der Waals surface area contributed by atoms with Gasteiger partial charge in [0.15, 0.2) is 0 Å². The largest absolute Gasteiger partial charge is 0.335 e. The van der Waals surface area contributed by atoms with E-state index in [-0.39, 0.29) is 8.96 Å². The Balaban J connectivity index is 0.000000293. The van der Waals surface area contributed by atoms with Crippen molar-refractivity contribution in [3.8, 4) is 0 Å². The Labute approximate surface area is 105 Å². The molecule has 0 amide bonds. The van der Waals surface area contributed by atoms with E-state index in [2.05, 4.69) is 44.7 Å². The Bertz CT molecular complexity index is 190. The van der Waals surface area contributed by atoms with Gasteiger partial charge >= 0.3 is 0 Å². The summed E-state index contributed by atoms with van der Waals surface area (Å²) in [5.74, 6) is 0. The minimum Gasteiger partial charge on any atom is -0.335 e. The predicted octanol–water partition coefficient (Wildman–Crippen LogP) is 4.28. The van der Waals surface area contributed by atoms with Gasteiger partial charge in [-0.3, -0.25) is 0 Å². The van der Waals surface area contributed by atoms with Gasteiger partial charge in [-0.25, -0.2) is 0 Å². The van der Waals surface area contributed by atoms with E-state index in [1.807, 2.05) is 6.08 Å². The first-order valence-corrected chi connectivity index (χ1v) is 12.3. The van der Waals surface area contributed by atoms with Crippen LogP contribution in [0.4, 0.5) is 0 Å². The summed E-state index contributed by atoms with van der Waals surface area (Å²) < 4.78 is 0. The maximum atomic E-state index is 3.59. The third-order valence-corrected chi connectivity index (χ3v) is 9.15. The minimum atomic E-state index is -0.694. The molecule has 3 heteroatoms. The summed E-state index contributed by atoms with van der Waals surface area (Å²) in [6.07, 6.45) is 6.41. The molecule has 1 atom stereocenters. The van der Waals surface area contributed by atoms with Gasteiger partial charge in [-0.2, -0.15) is 0 Å². The van der Waals surface area contributed by atoms with E-state index in [1.165, 1.54) is 19.3 Å². The van der Waals surface area contributed by atoms with Crippen molar-refractivity contribution < 1.29 is 0 Å². The molecule has 1 rings (SSSR count). The molecule has 95 valence electrons. The van der Waals surface area contributed by atoms with Crippen LogP contribution in [0.25, 0.3) is 0 Å². The Morgan fingerprint density at radius 3 is 2.25 bits per heavy atom. The van der Waals surface area contributed by atoms with Crippen LogP contribution in [0.5, 0.6) is 0 Å². The van der Waals surface area contributed by atoms with Crippen LogP contribution in [0, 0.1) is 0 Å². The lowest BCUT2D eigenvalue weighted by molar-refractivity contribution is 0.635. The lowest BCUT2D eigenvalue weighted by atomic mass is 10.2. The summed E-state index contributed by atoms with van der Waals surface area (Å²) in [6, 6.07) is 1.58. The minimum absolute atomic E-state index is 0.219. The lowest BCUT2D eigenvalue weighted by Gasteiger charge is -2.34. The van der Waals surface area contributed by atoms with E-state index < -0.39 is 8.07 Å². The molecule has 0 aromatic rings. The maximum Gasteiger partial charge on any atom is 0.127 e. The van der Waals surface area contributed by atoms with Crippen molar-refractivity contribution in [2.24, 2.45) is 0 Å². The first-order chi connectivity index (χ1) is 7.40. The van der Waals surface area contributed by atoms with Crippen molar-refractivity contribution in [1.82, 2.24) is 4.98 Å². The van der Waals surface area contributed by atoms with Crippen molar-refractivity contribution in [3.63, 3.8) is 0 Å². The molecule has 1 saturated heterocycles. The Morgan fingerprint density at radius 1 is 1.38 bits per heavy atom. The van der Waals surface area contributed by atoms with Crippen LogP contribution < -0.4 is 4.98 Å². The molecule has 16 heavy (non-hydrogen) atoms. The van der Waals surface area contributed by atoms with Gasteiger partial charge < -0.3 is 4.98 Å². The van der Waals surface area contributed by atoms with Crippen molar-refractivity contribution in [3.05, 3.63) is 12.7 Å². The third kappa shape index (κ3) is 7.41. The third-order valence-electron chi connectivity index (χ3n) is 3.64. The highest BCUT2D eigenvalue weighted by Gasteiger charge is 2.30. The standard InChI is InChI=1S/C8H18Si.C5H12NSi/c1-8-6-4-5-7-9(8,2)3;1-4-5-6-7(2)3/h8H,4-7H2,1-3H3;4,6H,1,5H2,2-3H3. The smallest absolute Gasteiger partial charge is 0.127 e. The van der Waals surface area contributed by atoms with Crippen molar-refractivity contribution in [1.29, 1.82) is 0 Å². The summed E-state index contributed by atoms with van der Waals surface area (Å²) in [5, 5.41) is 0. The molecule has 1 aliphatic heterocycles. The maximum absolute atomic E-state index is 3.59. The molecule has 1 nitrogen and oxygen atoms in total. The zero-order valence-corrected chi connectivity index (χ0v) is 13.9. The fourth-order valence-corrected chi connectivity index (χ4v) is 5.14. The van der Waals surface area contributed by atoms with E-state index in [0.29, 0.717) is 0 Å². The van der Waals surface area contributed by atoms with Crippen molar-refractivity contribution in [2.75, 3.05) is 6.54 Å². The van der Waals surface area contributed by atoms with Crippen LogP contribution in [0.1, 0.15) is 26.2 Å². The molecule has 0 saturated carbocycles. The zero-order chi connectivity index (χ0) is 12.6. The van der Waals surface area contributed by atoms with E-state index in [4.69, 9.17) is 0 Å². The number of rotatable bonds is 3. The highest BCUT2D eigenvalue weighted by atomic mass is 28.3. The first kappa shape index (κ1) is 16.1. The van der Waals surface area contributed by atoms with E-state index >= 15 is 0 Å². The van der Waals surface area contributed by atoms with Crippen LogP contribution in [0.15, 0.2) is 12.7 Å². The summed E-state index contributed by atoms with van der Waals surface area (Å²) in [7, 11) is -0.912. The van der Waals surface area contributed by atoms with Gasteiger partial charge in [0.25, 0.3) is 0 Å². The predicted molar refractivity (Wildman–Crippen MR) is 81.2 cm³/mol. The molecule has 1 fully saturated rings. The summed E-state index contributed by atoms with van der Waals surface area (Å²) in [5.41, 5.74) is 1.09. The van der Waals surface area contributed by atoms with Crippen LogP contribution in [0.2, 0.25) is 37.8 Å². The molecular weight excluding hydrogens is 226 g/mol. The zero-order valence-electron chi connectivity index (χ0n) is 11.9. The average Bonchev–Trinajstić information content (AvgIpc) is 2.20. The van der Waals surface area contributed by atoms with Gasteiger partial charge in [-0.15, -0.1) is 6.58 Å². The lowest BCUT2D eigenvalue weighted by Crippen LogP contribution is -2.33. The van der Waals surface area contributed by atoms with E-state index in [1.54, 1.807) is 6.04 Å². The summed E-state index contributed by atoms with van der Waals surface area (Å²) >= 11 is 0. The molecule has 1 N–H and O–H groups in total. The molecule has 1 heterocycles. The highest BCUT2D eigenvalue weighted by molar-refractivity contribution is 6.78. The second-order valence-corrected chi connectivity index (χ2v) is 13.6. The summed E-state index contributed by atoms with van der Waals surface area (Å²) in [4.78, 5) is 3.28. The van der Waals surface area contributed by atoms with Gasteiger partial charge in [-0.05, 0) is 5.54 Å². The van der Waals surface area contributed by atoms with Crippen LogP contribution >= 0.6 is 0 Å². The molecule has 1 radical (unpaired) electrons. The molecule has 0 spiro atoms. The quantitative estimate of drug-likeness (QED) is 0.587. The second kappa shape index (κ2) is 8.26. The number of nitrogens with one attached hydrogen (secondary N) is 1. The van der Waals surface area contributed by atoms with E-state index in [9.17, 15) is 0 Å². The molecule has 0 aliphatic carbocycles.